The molecule has 0 saturated heterocycles. The van der Waals surface area contributed by atoms with E-state index in [1.54, 1.807) is 0 Å². The molecule has 46 heavy (non-hydrogen) atoms. The first-order valence-corrected chi connectivity index (χ1v) is 15.3. The number of rotatable bonds is 6. The molecule has 0 spiro atoms. The summed E-state index contributed by atoms with van der Waals surface area (Å²) in [5.74, 6) is 2.06. The van der Waals surface area contributed by atoms with Crippen LogP contribution < -0.4 is 4.74 Å². The largest absolute Gasteiger partial charge is 2.00 e. The Labute approximate surface area is 285 Å². The molecule has 0 saturated carbocycles. The zero-order valence-corrected chi connectivity index (χ0v) is 28.9. The molecule has 3 aromatic heterocycles. The minimum Gasteiger partial charge on any atom is -0.503 e. The molecular formula is C41H35N3OPt. The molecule has 0 amide bonds. The summed E-state index contributed by atoms with van der Waals surface area (Å²) in [6.45, 7) is 11.1. The van der Waals surface area contributed by atoms with Gasteiger partial charge in [0, 0.05) is 34.8 Å². The van der Waals surface area contributed by atoms with Crippen molar-refractivity contribution in [1.82, 2.24) is 14.5 Å². The zero-order valence-electron chi connectivity index (χ0n) is 26.6. The van der Waals surface area contributed by atoms with E-state index in [1.165, 1.54) is 16.7 Å². The van der Waals surface area contributed by atoms with Gasteiger partial charge in [0.15, 0.2) is 0 Å². The van der Waals surface area contributed by atoms with Crippen LogP contribution in [0, 0.1) is 12.1 Å². The Morgan fingerprint density at radius 3 is 2.13 bits per heavy atom. The van der Waals surface area contributed by atoms with Crippen LogP contribution in [0.15, 0.2) is 122 Å². The smallest absolute Gasteiger partial charge is 0.503 e. The maximum atomic E-state index is 6.40. The summed E-state index contributed by atoms with van der Waals surface area (Å²) in [7, 11) is 0. The van der Waals surface area contributed by atoms with Crippen LogP contribution in [0.2, 0.25) is 0 Å². The van der Waals surface area contributed by atoms with Crippen LogP contribution in [0.1, 0.15) is 51.3 Å². The van der Waals surface area contributed by atoms with Crippen molar-refractivity contribution in [2.45, 2.75) is 45.4 Å². The average Bonchev–Trinajstić information content (AvgIpc) is 3.38. The molecule has 4 nitrogen and oxygen atoms in total. The van der Waals surface area contributed by atoms with Crippen LogP contribution in [0.5, 0.6) is 11.5 Å². The van der Waals surface area contributed by atoms with Crippen molar-refractivity contribution < 1.29 is 25.8 Å². The first kappa shape index (κ1) is 31.5. The quantitative estimate of drug-likeness (QED) is 0.158. The normalized spacial score (nSPS) is 11.8. The number of benzene rings is 4. The predicted molar refractivity (Wildman–Crippen MR) is 183 cm³/mol. The molecule has 0 N–H and O–H groups in total. The van der Waals surface area contributed by atoms with Gasteiger partial charge in [-0.3, -0.25) is 0 Å². The number of para-hydroxylation sites is 1. The van der Waals surface area contributed by atoms with Crippen molar-refractivity contribution in [3.8, 4) is 28.6 Å². The van der Waals surface area contributed by atoms with E-state index in [0.717, 1.165) is 38.9 Å². The number of fused-ring (bicyclic) bond motifs is 3. The van der Waals surface area contributed by atoms with E-state index in [0.29, 0.717) is 11.5 Å². The zero-order chi connectivity index (χ0) is 31.2. The summed E-state index contributed by atoms with van der Waals surface area (Å²) < 4.78 is 8.58. The molecule has 4 aromatic carbocycles. The first-order chi connectivity index (χ1) is 21.7. The van der Waals surface area contributed by atoms with Gasteiger partial charge in [0.2, 0.25) is 0 Å². The van der Waals surface area contributed by atoms with Crippen LogP contribution in [0.4, 0.5) is 0 Å². The second-order valence-corrected chi connectivity index (χ2v) is 13.0. The van der Waals surface area contributed by atoms with Gasteiger partial charge in [0.25, 0.3) is 0 Å². The summed E-state index contributed by atoms with van der Waals surface area (Å²) in [4.78, 5) is 9.48. The Balaban J connectivity index is 0.00000372. The van der Waals surface area contributed by atoms with E-state index in [9.17, 15) is 0 Å². The van der Waals surface area contributed by atoms with E-state index in [2.05, 4.69) is 141 Å². The number of hydrogen-bond donors (Lipinski definition) is 0. The first-order valence-electron chi connectivity index (χ1n) is 15.3. The molecular weight excluding hydrogens is 746 g/mol. The summed E-state index contributed by atoms with van der Waals surface area (Å²) in [5, 5.41) is 2.23. The van der Waals surface area contributed by atoms with Crippen molar-refractivity contribution in [3.05, 3.63) is 150 Å². The molecule has 7 rings (SSSR count). The maximum Gasteiger partial charge on any atom is 2.00 e. The van der Waals surface area contributed by atoms with E-state index in [1.807, 2.05) is 36.7 Å². The molecule has 0 radical (unpaired) electrons. The third-order valence-corrected chi connectivity index (χ3v) is 8.64. The molecule has 230 valence electrons. The Morgan fingerprint density at radius 2 is 1.33 bits per heavy atom. The van der Waals surface area contributed by atoms with Gasteiger partial charge in [-0.2, -0.15) is 6.07 Å². The molecule has 0 unspecified atom stereocenters. The van der Waals surface area contributed by atoms with Crippen molar-refractivity contribution in [1.29, 1.82) is 0 Å². The van der Waals surface area contributed by atoms with Crippen molar-refractivity contribution in [2.75, 3.05) is 0 Å². The second-order valence-electron chi connectivity index (χ2n) is 13.0. The fraction of sp³-hybridized carbons (Fsp3) is 0.171. The van der Waals surface area contributed by atoms with E-state index < -0.39 is 0 Å². The number of pyridine rings is 2. The molecule has 0 fully saturated rings. The van der Waals surface area contributed by atoms with Gasteiger partial charge in [-0.25, -0.2) is 4.98 Å². The second kappa shape index (κ2) is 12.3. The third kappa shape index (κ3) is 5.90. The number of nitrogens with zero attached hydrogens (tertiary/aromatic N) is 3. The monoisotopic (exact) mass is 780 g/mol. The number of hydrogen-bond acceptors (Lipinski definition) is 3. The Bertz CT molecular complexity index is 2160. The Kier molecular flexibility index (Phi) is 8.44. The molecule has 5 heteroatoms. The molecule has 0 aliphatic rings. The molecule has 0 aliphatic heterocycles. The molecule has 0 atom stereocenters. The van der Waals surface area contributed by atoms with Crippen LogP contribution in [-0.4, -0.2) is 14.5 Å². The van der Waals surface area contributed by atoms with Gasteiger partial charge in [0.1, 0.15) is 5.82 Å². The fourth-order valence-electron chi connectivity index (χ4n) is 5.94. The minimum atomic E-state index is -0.197. The van der Waals surface area contributed by atoms with E-state index in [-0.39, 0.29) is 31.9 Å². The molecule has 0 aliphatic carbocycles. The van der Waals surface area contributed by atoms with Crippen LogP contribution in [0.25, 0.3) is 38.9 Å². The van der Waals surface area contributed by atoms with Gasteiger partial charge in [-0.15, -0.1) is 41.3 Å². The average molecular weight is 781 g/mol. The van der Waals surface area contributed by atoms with E-state index in [4.69, 9.17) is 9.72 Å². The molecule has 7 aromatic rings. The Morgan fingerprint density at radius 1 is 0.609 bits per heavy atom. The van der Waals surface area contributed by atoms with Crippen LogP contribution in [0.3, 0.4) is 0 Å². The molecule has 0 bridgehead atoms. The summed E-state index contributed by atoms with van der Waals surface area (Å²) in [5.41, 5.74) is 7.24. The van der Waals surface area contributed by atoms with Crippen molar-refractivity contribution >= 4 is 21.8 Å². The van der Waals surface area contributed by atoms with Gasteiger partial charge in [-0.05, 0) is 57.5 Å². The van der Waals surface area contributed by atoms with Gasteiger partial charge >= 0.3 is 21.1 Å². The topological polar surface area (TPSA) is 39.9 Å². The number of aromatic nitrogens is 3. The van der Waals surface area contributed by atoms with Crippen molar-refractivity contribution in [3.63, 3.8) is 0 Å². The van der Waals surface area contributed by atoms with Crippen LogP contribution >= 0.6 is 0 Å². The summed E-state index contributed by atoms with van der Waals surface area (Å²) in [6, 6.07) is 44.5. The predicted octanol–water partition coefficient (Wildman–Crippen LogP) is 10.3. The van der Waals surface area contributed by atoms with Gasteiger partial charge < -0.3 is 14.3 Å². The summed E-state index contributed by atoms with van der Waals surface area (Å²) >= 11 is 0. The van der Waals surface area contributed by atoms with Crippen LogP contribution in [-0.2, 0) is 31.9 Å². The van der Waals surface area contributed by atoms with Gasteiger partial charge in [-0.1, -0.05) is 101 Å². The molecule has 3 heterocycles. The third-order valence-electron chi connectivity index (χ3n) is 8.64. The van der Waals surface area contributed by atoms with Crippen molar-refractivity contribution in [2.24, 2.45) is 0 Å². The summed E-state index contributed by atoms with van der Waals surface area (Å²) in [6.07, 6.45) is 3.77. The maximum absolute atomic E-state index is 6.40. The van der Waals surface area contributed by atoms with Gasteiger partial charge in [0.05, 0.1) is 0 Å². The minimum absolute atomic E-state index is 0. The standard InChI is InChI=1S/C41H35N3O.Pt/c1-40(2,3)30-20-22-42-36(25-30)28-12-11-15-32(24-28)45-33-18-19-35-34-16-9-10-17-37(34)44(38(35)27-33)39-26-31(21-23-43-39)41(4,5)29-13-7-6-8-14-29;/h6-23,25-26H,1-5H3;/q-2;+2. The van der Waals surface area contributed by atoms with E-state index >= 15 is 0 Å². The number of ether oxygens (including phenoxy) is 1. The Hall–Kier alpha value is -4.53. The SMILES string of the molecule is CC(C)(C)c1ccnc(-c2[c-]c(Oc3[c-]c4c(cc3)c3ccccc3n4-c3cc(C(C)(C)c4ccccc4)ccn3)ccc2)c1.[Pt+2]. The fourth-order valence-corrected chi connectivity index (χ4v) is 5.94.